The van der Waals surface area contributed by atoms with Gasteiger partial charge in [0, 0.05) is 38.6 Å². The van der Waals surface area contributed by atoms with Crippen molar-refractivity contribution in [2.24, 2.45) is 0 Å². The van der Waals surface area contributed by atoms with Crippen LogP contribution in [0, 0.1) is 0 Å². The van der Waals surface area contributed by atoms with Crippen molar-refractivity contribution >= 4 is 17.3 Å². The van der Waals surface area contributed by atoms with Gasteiger partial charge in [0.25, 0.3) is 0 Å². The molecule has 0 bridgehead atoms. The topological polar surface area (TPSA) is 37.4 Å². The third-order valence-electron chi connectivity index (χ3n) is 3.67. The minimum absolute atomic E-state index is 0.272. The first-order valence-corrected chi connectivity index (χ1v) is 9.13. The Balaban J connectivity index is 1.92. The van der Waals surface area contributed by atoms with E-state index in [4.69, 9.17) is 17.0 Å². The Hall–Kier alpha value is -1.98. The highest BCUT2D eigenvalue weighted by Gasteiger charge is 2.11. The zero-order valence-corrected chi connectivity index (χ0v) is 15.8. The normalized spacial score (nSPS) is 10.7. The van der Waals surface area contributed by atoms with Crippen molar-refractivity contribution in [1.29, 1.82) is 0 Å². The molecule has 25 heavy (non-hydrogen) atoms. The molecule has 0 fully saturated rings. The fraction of sp³-hybridized carbons (Fsp3) is 0.400. The summed E-state index contributed by atoms with van der Waals surface area (Å²) < 4.78 is 5.57. The first kappa shape index (κ1) is 19.3. The fourth-order valence-electron chi connectivity index (χ4n) is 2.41. The third kappa shape index (κ3) is 7.63. The summed E-state index contributed by atoms with van der Waals surface area (Å²) >= 11 is 5.63. The molecule has 0 aliphatic rings. The van der Waals surface area contributed by atoms with Gasteiger partial charge in [-0.1, -0.05) is 30.3 Å². The van der Waals surface area contributed by atoms with Crippen molar-refractivity contribution in [3.8, 4) is 0 Å². The summed E-state index contributed by atoms with van der Waals surface area (Å²) in [6.07, 6.45) is 4.84. The molecule has 0 aliphatic carbocycles. The second kappa shape index (κ2) is 10.8. The highest BCUT2D eigenvalue weighted by atomic mass is 32.1. The van der Waals surface area contributed by atoms with E-state index in [1.165, 1.54) is 11.1 Å². The molecule has 5 heteroatoms. The lowest BCUT2D eigenvalue weighted by Crippen LogP contribution is -2.39. The Labute approximate surface area is 156 Å². The van der Waals surface area contributed by atoms with Gasteiger partial charge in [0.05, 0.1) is 6.10 Å². The van der Waals surface area contributed by atoms with Gasteiger partial charge >= 0.3 is 0 Å². The molecule has 0 saturated carbocycles. The van der Waals surface area contributed by atoms with Crippen molar-refractivity contribution in [2.45, 2.75) is 39.5 Å². The average molecular weight is 358 g/mol. The van der Waals surface area contributed by atoms with Crippen LogP contribution < -0.4 is 5.32 Å². The number of thiocarbonyl (C=S) groups is 1. The molecule has 134 valence electrons. The van der Waals surface area contributed by atoms with Crippen LogP contribution in [0.25, 0.3) is 0 Å². The molecule has 1 heterocycles. The Bertz CT molecular complexity index is 578. The van der Waals surface area contributed by atoms with Crippen molar-refractivity contribution in [3.05, 3.63) is 66.0 Å². The van der Waals surface area contributed by atoms with Crippen LogP contribution in [0.5, 0.6) is 0 Å². The second-order valence-corrected chi connectivity index (χ2v) is 6.59. The molecule has 1 aromatic heterocycles. The van der Waals surface area contributed by atoms with E-state index in [9.17, 15) is 0 Å². The molecule has 0 aliphatic heterocycles. The first-order valence-electron chi connectivity index (χ1n) is 8.72. The molecule has 1 aromatic carbocycles. The number of hydrogen-bond donors (Lipinski definition) is 1. The predicted octanol–water partition coefficient (Wildman–Crippen LogP) is 3.77. The summed E-state index contributed by atoms with van der Waals surface area (Å²) in [5, 5.41) is 4.13. The lowest BCUT2D eigenvalue weighted by atomic mass is 10.2. The van der Waals surface area contributed by atoms with Crippen LogP contribution in [0.1, 0.15) is 31.4 Å². The van der Waals surface area contributed by atoms with Crippen LogP contribution in [0.3, 0.4) is 0 Å². The average Bonchev–Trinajstić information content (AvgIpc) is 2.62. The zero-order valence-electron chi connectivity index (χ0n) is 15.0. The molecule has 2 rings (SSSR count). The molecule has 2 aromatic rings. The van der Waals surface area contributed by atoms with E-state index in [2.05, 4.69) is 39.5 Å². The number of pyridine rings is 1. The highest BCUT2D eigenvalue weighted by Crippen LogP contribution is 2.10. The summed E-state index contributed by atoms with van der Waals surface area (Å²) in [6.45, 7) is 7.19. The van der Waals surface area contributed by atoms with Gasteiger partial charge in [-0.3, -0.25) is 4.98 Å². The fourth-order valence-corrected chi connectivity index (χ4v) is 2.64. The summed E-state index contributed by atoms with van der Waals surface area (Å²) in [5.41, 5.74) is 2.43. The highest BCUT2D eigenvalue weighted by molar-refractivity contribution is 7.80. The SMILES string of the molecule is CC(C)OCCCNC(=S)N(Cc1ccccc1)Cc1ccncc1. The summed E-state index contributed by atoms with van der Waals surface area (Å²) in [5.74, 6) is 0. The summed E-state index contributed by atoms with van der Waals surface area (Å²) in [6, 6.07) is 14.4. The van der Waals surface area contributed by atoms with Gasteiger partial charge in [0.1, 0.15) is 0 Å². The van der Waals surface area contributed by atoms with Crippen molar-refractivity contribution in [2.75, 3.05) is 13.2 Å². The van der Waals surface area contributed by atoms with Gasteiger partial charge in [-0.05, 0) is 55.7 Å². The lowest BCUT2D eigenvalue weighted by Gasteiger charge is -2.26. The molecule has 0 spiro atoms. The van der Waals surface area contributed by atoms with Crippen LogP contribution >= 0.6 is 12.2 Å². The van der Waals surface area contributed by atoms with Crippen molar-refractivity contribution < 1.29 is 4.74 Å². The quantitative estimate of drug-likeness (QED) is 0.546. The van der Waals surface area contributed by atoms with Gasteiger partial charge in [-0.2, -0.15) is 0 Å². The number of rotatable bonds is 9. The zero-order chi connectivity index (χ0) is 17.9. The van der Waals surface area contributed by atoms with Crippen molar-refractivity contribution in [1.82, 2.24) is 15.2 Å². The maximum atomic E-state index is 5.63. The van der Waals surface area contributed by atoms with E-state index in [0.29, 0.717) is 0 Å². The number of benzene rings is 1. The first-order chi connectivity index (χ1) is 12.1. The Kier molecular flexibility index (Phi) is 8.35. The minimum atomic E-state index is 0.272. The van der Waals surface area contributed by atoms with E-state index in [1.807, 2.05) is 44.4 Å². The second-order valence-electron chi connectivity index (χ2n) is 6.20. The van der Waals surface area contributed by atoms with Gasteiger partial charge in [0.2, 0.25) is 0 Å². The molecule has 0 unspecified atom stereocenters. The number of hydrogen-bond acceptors (Lipinski definition) is 3. The standard InChI is InChI=1S/C20H27N3OS/c1-17(2)24-14-6-11-22-20(25)23(15-18-7-4-3-5-8-18)16-19-9-12-21-13-10-19/h3-5,7-10,12-13,17H,6,11,14-16H2,1-2H3,(H,22,25). The number of ether oxygens (including phenoxy) is 1. The molecule has 0 atom stereocenters. The van der Waals surface area contributed by atoms with E-state index in [-0.39, 0.29) is 6.10 Å². The van der Waals surface area contributed by atoms with E-state index in [1.54, 1.807) is 0 Å². The van der Waals surface area contributed by atoms with Crippen LogP contribution in [-0.4, -0.2) is 34.3 Å². The maximum Gasteiger partial charge on any atom is 0.169 e. The van der Waals surface area contributed by atoms with Crippen molar-refractivity contribution in [3.63, 3.8) is 0 Å². The Morgan fingerprint density at radius 2 is 1.72 bits per heavy atom. The van der Waals surface area contributed by atoms with E-state index in [0.717, 1.165) is 37.8 Å². The Morgan fingerprint density at radius 1 is 1.08 bits per heavy atom. The van der Waals surface area contributed by atoms with Gasteiger partial charge in [-0.15, -0.1) is 0 Å². The van der Waals surface area contributed by atoms with Crippen LogP contribution in [-0.2, 0) is 17.8 Å². The molecule has 0 amide bonds. The maximum absolute atomic E-state index is 5.63. The molecule has 4 nitrogen and oxygen atoms in total. The van der Waals surface area contributed by atoms with Crippen LogP contribution in [0.2, 0.25) is 0 Å². The van der Waals surface area contributed by atoms with Gasteiger partial charge < -0.3 is 15.0 Å². The molecular formula is C20H27N3OS. The van der Waals surface area contributed by atoms with Gasteiger partial charge in [-0.25, -0.2) is 0 Å². The lowest BCUT2D eigenvalue weighted by molar-refractivity contribution is 0.0776. The van der Waals surface area contributed by atoms with Crippen LogP contribution in [0.4, 0.5) is 0 Å². The smallest absolute Gasteiger partial charge is 0.169 e. The van der Waals surface area contributed by atoms with Crippen LogP contribution in [0.15, 0.2) is 54.9 Å². The summed E-state index contributed by atoms with van der Waals surface area (Å²) in [4.78, 5) is 6.27. The molecule has 1 N–H and O–H groups in total. The Morgan fingerprint density at radius 3 is 2.36 bits per heavy atom. The summed E-state index contributed by atoms with van der Waals surface area (Å²) in [7, 11) is 0. The molecular weight excluding hydrogens is 330 g/mol. The molecule has 0 saturated heterocycles. The monoisotopic (exact) mass is 357 g/mol. The number of aromatic nitrogens is 1. The largest absolute Gasteiger partial charge is 0.379 e. The van der Waals surface area contributed by atoms with E-state index < -0.39 is 0 Å². The molecule has 0 radical (unpaired) electrons. The minimum Gasteiger partial charge on any atom is -0.379 e. The van der Waals surface area contributed by atoms with E-state index >= 15 is 0 Å². The number of nitrogens with zero attached hydrogens (tertiary/aromatic N) is 2. The third-order valence-corrected chi connectivity index (χ3v) is 4.08. The predicted molar refractivity (Wildman–Crippen MR) is 106 cm³/mol. The van der Waals surface area contributed by atoms with Gasteiger partial charge in [0.15, 0.2) is 5.11 Å². The number of nitrogens with one attached hydrogen (secondary N) is 1.